The van der Waals surface area contributed by atoms with Crippen molar-refractivity contribution < 1.29 is 4.79 Å². The van der Waals surface area contributed by atoms with Crippen LogP contribution in [0.4, 0.5) is 5.69 Å². The van der Waals surface area contributed by atoms with Crippen molar-refractivity contribution in [1.82, 2.24) is 19.0 Å². The average Bonchev–Trinajstić information content (AvgIpc) is 2.76. The second-order valence-electron chi connectivity index (χ2n) is 7.38. The number of aromatic nitrogens is 3. The van der Waals surface area contributed by atoms with Crippen molar-refractivity contribution in [3.05, 3.63) is 68.0 Å². The monoisotopic (exact) mass is 427 g/mol. The lowest BCUT2D eigenvalue weighted by atomic mass is 10.2. The lowest BCUT2D eigenvalue weighted by Gasteiger charge is -2.36. The quantitative estimate of drug-likeness (QED) is 0.632. The molecule has 3 heterocycles. The number of rotatable bonds is 3. The summed E-state index contributed by atoms with van der Waals surface area (Å²) in [4.78, 5) is 46.1. The highest BCUT2D eigenvalue weighted by molar-refractivity contribution is 6.30. The molecule has 4 rings (SSSR count). The molecule has 0 unspecified atom stereocenters. The Balaban J connectivity index is 1.81. The lowest BCUT2D eigenvalue weighted by molar-refractivity contribution is -0.129. The third-order valence-electron chi connectivity index (χ3n) is 5.52. The smallest absolute Gasteiger partial charge is 0.332 e. The fourth-order valence-corrected chi connectivity index (χ4v) is 3.96. The Bertz CT molecular complexity index is 1220. The fraction of sp³-hybridized carbons (Fsp3) is 0.333. The van der Waals surface area contributed by atoms with E-state index in [0.29, 0.717) is 42.2 Å². The van der Waals surface area contributed by atoms with Crippen molar-refractivity contribution >= 4 is 34.2 Å². The first kappa shape index (κ1) is 20.2. The molecule has 0 spiro atoms. The molecule has 9 heteroatoms. The maximum atomic E-state index is 13.4. The van der Waals surface area contributed by atoms with Gasteiger partial charge in [0.2, 0.25) is 5.91 Å². The topological polar surface area (TPSA) is 80.4 Å². The molecule has 1 aliphatic rings. The minimum Gasteiger partial charge on any atom is -0.367 e. The number of benzene rings is 1. The number of halogens is 1. The molecule has 1 aliphatic heterocycles. The molecule has 30 heavy (non-hydrogen) atoms. The van der Waals surface area contributed by atoms with Crippen LogP contribution in [-0.2, 0) is 18.4 Å². The van der Waals surface area contributed by atoms with Gasteiger partial charge in [-0.2, -0.15) is 0 Å². The van der Waals surface area contributed by atoms with Crippen molar-refractivity contribution in [3.63, 3.8) is 0 Å². The van der Waals surface area contributed by atoms with Gasteiger partial charge < -0.3 is 9.80 Å². The third kappa shape index (κ3) is 3.59. The van der Waals surface area contributed by atoms with Gasteiger partial charge in [0.1, 0.15) is 5.39 Å². The molecule has 1 aromatic carbocycles. The lowest BCUT2D eigenvalue weighted by Crippen LogP contribution is -2.48. The molecule has 0 bridgehead atoms. The number of hydrogen-bond acceptors (Lipinski definition) is 5. The number of hydrogen-bond donors (Lipinski definition) is 0. The molecule has 8 nitrogen and oxygen atoms in total. The maximum Gasteiger partial charge on any atom is 0.332 e. The Morgan fingerprint density at radius 3 is 2.37 bits per heavy atom. The van der Waals surface area contributed by atoms with Crippen LogP contribution in [0.1, 0.15) is 12.5 Å². The van der Waals surface area contributed by atoms with Crippen LogP contribution in [0, 0.1) is 0 Å². The normalized spacial score (nSPS) is 14.4. The average molecular weight is 428 g/mol. The number of anilines is 1. The van der Waals surface area contributed by atoms with Gasteiger partial charge in [0, 0.05) is 51.4 Å². The zero-order valence-corrected chi connectivity index (χ0v) is 17.6. The van der Waals surface area contributed by atoms with Gasteiger partial charge in [-0.3, -0.25) is 18.7 Å². The fourth-order valence-electron chi connectivity index (χ4n) is 3.83. The molecule has 3 aromatic rings. The van der Waals surface area contributed by atoms with Gasteiger partial charge in [0.15, 0.2) is 5.65 Å². The number of carbonyl (C=O) groups excluding carboxylic acids is 1. The zero-order chi connectivity index (χ0) is 21.4. The number of amides is 1. The molecule has 0 aliphatic carbocycles. The SMILES string of the molecule is CC(=O)N1CCN(c2ccnc3c2c(=O)n(Cc2ccc(Cl)cc2)c(=O)n3C)CC1. The summed E-state index contributed by atoms with van der Waals surface area (Å²) in [5.74, 6) is 0.0435. The first-order valence-corrected chi connectivity index (χ1v) is 10.1. The Hall–Kier alpha value is -3.13. The number of aryl methyl sites for hydroxylation is 1. The van der Waals surface area contributed by atoms with E-state index in [-0.39, 0.29) is 18.0 Å². The van der Waals surface area contributed by atoms with E-state index < -0.39 is 5.69 Å². The van der Waals surface area contributed by atoms with Crippen molar-refractivity contribution in [2.75, 3.05) is 31.1 Å². The third-order valence-corrected chi connectivity index (χ3v) is 5.78. The molecule has 0 atom stereocenters. The maximum absolute atomic E-state index is 13.4. The Labute approximate surface area is 177 Å². The van der Waals surface area contributed by atoms with Crippen LogP contribution in [0.3, 0.4) is 0 Å². The van der Waals surface area contributed by atoms with Crippen molar-refractivity contribution in [2.45, 2.75) is 13.5 Å². The summed E-state index contributed by atoms with van der Waals surface area (Å²) in [6, 6.07) is 8.85. The summed E-state index contributed by atoms with van der Waals surface area (Å²) < 4.78 is 2.63. The largest absolute Gasteiger partial charge is 0.367 e. The van der Waals surface area contributed by atoms with Crippen LogP contribution in [-0.4, -0.2) is 51.1 Å². The molecule has 0 radical (unpaired) electrons. The summed E-state index contributed by atoms with van der Waals surface area (Å²) in [6.07, 6.45) is 1.61. The summed E-state index contributed by atoms with van der Waals surface area (Å²) in [6.45, 7) is 4.10. The van der Waals surface area contributed by atoms with Gasteiger partial charge in [-0.05, 0) is 23.8 Å². The minimum atomic E-state index is -0.423. The van der Waals surface area contributed by atoms with Gasteiger partial charge in [-0.25, -0.2) is 9.78 Å². The number of fused-ring (bicyclic) bond motifs is 1. The van der Waals surface area contributed by atoms with E-state index in [4.69, 9.17) is 11.6 Å². The second kappa shape index (κ2) is 7.95. The summed E-state index contributed by atoms with van der Waals surface area (Å²) in [5.41, 5.74) is 1.09. The van der Waals surface area contributed by atoms with Crippen LogP contribution < -0.4 is 16.1 Å². The first-order chi connectivity index (χ1) is 14.4. The Morgan fingerprint density at radius 1 is 1.07 bits per heavy atom. The summed E-state index contributed by atoms with van der Waals surface area (Å²) in [5, 5.41) is 0.999. The molecular formula is C21H22ClN5O3. The Morgan fingerprint density at radius 2 is 1.73 bits per heavy atom. The molecule has 0 saturated carbocycles. The van der Waals surface area contributed by atoms with Crippen molar-refractivity contribution in [2.24, 2.45) is 7.05 Å². The molecule has 1 fully saturated rings. The van der Waals surface area contributed by atoms with Gasteiger partial charge in [0.25, 0.3) is 5.56 Å². The van der Waals surface area contributed by atoms with Crippen LogP contribution in [0.15, 0.2) is 46.1 Å². The number of carbonyl (C=O) groups is 1. The number of nitrogens with zero attached hydrogens (tertiary/aromatic N) is 5. The zero-order valence-electron chi connectivity index (χ0n) is 16.8. The molecule has 0 N–H and O–H groups in total. The molecule has 2 aromatic heterocycles. The summed E-state index contributed by atoms with van der Waals surface area (Å²) >= 11 is 5.94. The van der Waals surface area contributed by atoms with E-state index >= 15 is 0 Å². The molecular weight excluding hydrogens is 406 g/mol. The molecule has 156 valence electrons. The van der Waals surface area contributed by atoms with Gasteiger partial charge >= 0.3 is 5.69 Å². The van der Waals surface area contributed by atoms with E-state index in [2.05, 4.69) is 9.88 Å². The van der Waals surface area contributed by atoms with Crippen molar-refractivity contribution in [1.29, 1.82) is 0 Å². The molecule has 1 amide bonds. The van der Waals surface area contributed by atoms with E-state index in [0.717, 1.165) is 11.3 Å². The number of piperazine rings is 1. The van der Waals surface area contributed by atoms with Gasteiger partial charge in [-0.1, -0.05) is 23.7 Å². The highest BCUT2D eigenvalue weighted by atomic mass is 35.5. The Kier molecular flexibility index (Phi) is 5.34. The number of pyridine rings is 1. The van der Waals surface area contributed by atoms with Crippen LogP contribution >= 0.6 is 11.6 Å². The van der Waals surface area contributed by atoms with E-state index in [1.807, 2.05) is 0 Å². The predicted octanol–water partition coefficient (Wildman–Crippen LogP) is 1.47. The highest BCUT2D eigenvalue weighted by Crippen LogP contribution is 2.23. The van der Waals surface area contributed by atoms with Crippen LogP contribution in [0.2, 0.25) is 5.02 Å². The van der Waals surface area contributed by atoms with E-state index in [1.165, 1.54) is 9.13 Å². The van der Waals surface area contributed by atoms with E-state index in [1.54, 1.807) is 55.4 Å². The highest BCUT2D eigenvalue weighted by Gasteiger charge is 2.23. The predicted molar refractivity (Wildman–Crippen MR) is 116 cm³/mol. The van der Waals surface area contributed by atoms with Gasteiger partial charge in [0.05, 0.1) is 12.2 Å². The van der Waals surface area contributed by atoms with Gasteiger partial charge in [-0.15, -0.1) is 0 Å². The van der Waals surface area contributed by atoms with Crippen LogP contribution in [0.5, 0.6) is 0 Å². The minimum absolute atomic E-state index is 0.0435. The first-order valence-electron chi connectivity index (χ1n) is 9.70. The van der Waals surface area contributed by atoms with Crippen molar-refractivity contribution in [3.8, 4) is 0 Å². The second-order valence-corrected chi connectivity index (χ2v) is 7.82. The van der Waals surface area contributed by atoms with E-state index in [9.17, 15) is 14.4 Å². The standard InChI is InChI=1S/C21H22ClN5O3/c1-14(28)25-9-11-26(12-10-25)17-7-8-23-19-18(17)20(29)27(21(30)24(19)2)13-15-3-5-16(22)6-4-15/h3-8H,9-13H2,1-2H3. The molecule has 1 saturated heterocycles. The van der Waals surface area contributed by atoms with Crippen LogP contribution in [0.25, 0.3) is 11.0 Å². The summed E-state index contributed by atoms with van der Waals surface area (Å²) in [7, 11) is 1.62.